The minimum atomic E-state index is -1.20. The Labute approximate surface area is 253 Å². The van der Waals surface area contributed by atoms with E-state index in [0.29, 0.717) is 28.5 Å². The molecule has 3 fully saturated rings. The first-order valence-electron chi connectivity index (χ1n) is 15.2. The van der Waals surface area contributed by atoms with Crippen molar-refractivity contribution in [2.75, 3.05) is 5.32 Å². The van der Waals surface area contributed by atoms with Crippen LogP contribution in [0.1, 0.15) is 64.0 Å². The van der Waals surface area contributed by atoms with Crippen LogP contribution in [0.2, 0.25) is 5.02 Å². The average molecular weight is 590 g/mol. The SMILES string of the molecule is CC(C)c1ccc(NC(=O)C2[C@H]3C=CC4(O3)C(C(=O)NC3CCCC(C)C3C)N(Cc3ccc(Cl)cc3)C(=O)[C@@H]24)cc1. The Bertz CT molecular complexity index is 1390. The maximum absolute atomic E-state index is 14.3. The van der Waals surface area contributed by atoms with Crippen molar-refractivity contribution in [3.05, 3.63) is 76.8 Å². The van der Waals surface area contributed by atoms with E-state index in [1.165, 1.54) is 5.56 Å². The zero-order valence-electron chi connectivity index (χ0n) is 24.7. The molecule has 7 nitrogen and oxygen atoms in total. The molecule has 6 unspecified atom stereocenters. The fraction of sp³-hybridized carbons (Fsp3) is 0.500. The van der Waals surface area contributed by atoms with Crippen molar-refractivity contribution in [1.29, 1.82) is 0 Å². The number of amides is 3. The second kappa shape index (κ2) is 11.2. The third kappa shape index (κ3) is 4.94. The van der Waals surface area contributed by atoms with Gasteiger partial charge in [-0.25, -0.2) is 0 Å². The normalized spacial score (nSPS) is 33.2. The molecule has 3 heterocycles. The highest BCUT2D eigenvalue weighted by molar-refractivity contribution is 6.30. The van der Waals surface area contributed by atoms with E-state index in [0.717, 1.165) is 24.8 Å². The molecular formula is C34H40ClN3O4. The Hall–Kier alpha value is -3.16. The quantitative estimate of drug-likeness (QED) is 0.406. The first-order chi connectivity index (χ1) is 20.1. The molecule has 8 heteroatoms. The summed E-state index contributed by atoms with van der Waals surface area (Å²) in [5.41, 5.74) is 1.50. The fourth-order valence-corrected chi connectivity index (χ4v) is 7.57. The third-order valence-electron chi connectivity index (χ3n) is 10.1. The van der Waals surface area contributed by atoms with E-state index < -0.39 is 29.6 Å². The molecule has 6 rings (SSSR count). The Morgan fingerprint density at radius 3 is 2.45 bits per heavy atom. The van der Waals surface area contributed by atoms with Crippen LogP contribution in [0.25, 0.3) is 0 Å². The van der Waals surface area contributed by atoms with Gasteiger partial charge in [0.15, 0.2) is 0 Å². The molecule has 8 atom stereocenters. The van der Waals surface area contributed by atoms with Gasteiger partial charge in [0.25, 0.3) is 0 Å². The van der Waals surface area contributed by atoms with E-state index in [9.17, 15) is 14.4 Å². The second-order valence-electron chi connectivity index (χ2n) is 12.9. The maximum Gasteiger partial charge on any atom is 0.246 e. The maximum atomic E-state index is 14.3. The first-order valence-corrected chi connectivity index (χ1v) is 15.6. The van der Waals surface area contributed by atoms with Gasteiger partial charge in [-0.3, -0.25) is 14.4 Å². The summed E-state index contributed by atoms with van der Waals surface area (Å²) in [5, 5.41) is 6.92. The van der Waals surface area contributed by atoms with Gasteiger partial charge in [-0.15, -0.1) is 0 Å². The number of benzene rings is 2. The molecular weight excluding hydrogens is 550 g/mol. The molecule has 2 bridgehead atoms. The zero-order valence-corrected chi connectivity index (χ0v) is 25.4. The molecule has 42 heavy (non-hydrogen) atoms. The van der Waals surface area contributed by atoms with Crippen molar-refractivity contribution in [3.63, 3.8) is 0 Å². The molecule has 2 aromatic carbocycles. The number of nitrogens with zero attached hydrogens (tertiary/aromatic N) is 1. The average Bonchev–Trinajstić information content (AvgIpc) is 3.60. The van der Waals surface area contributed by atoms with Crippen LogP contribution in [-0.4, -0.2) is 46.4 Å². The Kier molecular flexibility index (Phi) is 7.69. The fourth-order valence-electron chi connectivity index (χ4n) is 7.45. The summed E-state index contributed by atoms with van der Waals surface area (Å²) in [6.45, 7) is 8.88. The Balaban J connectivity index is 1.30. The highest BCUT2D eigenvalue weighted by Crippen LogP contribution is 2.55. The molecule has 0 aromatic heterocycles. The molecule has 1 spiro atoms. The topological polar surface area (TPSA) is 87.7 Å². The zero-order chi connectivity index (χ0) is 29.8. The molecule has 222 valence electrons. The number of carbonyl (C=O) groups excluding carboxylic acids is 3. The van der Waals surface area contributed by atoms with Gasteiger partial charge in [0.1, 0.15) is 11.6 Å². The van der Waals surface area contributed by atoms with E-state index in [1.807, 2.05) is 48.6 Å². The van der Waals surface area contributed by atoms with Crippen LogP contribution >= 0.6 is 11.6 Å². The largest absolute Gasteiger partial charge is 0.359 e. The third-order valence-corrected chi connectivity index (χ3v) is 10.3. The van der Waals surface area contributed by atoms with E-state index in [1.54, 1.807) is 17.0 Å². The number of anilines is 1. The van der Waals surface area contributed by atoms with Crippen LogP contribution in [0, 0.1) is 23.7 Å². The van der Waals surface area contributed by atoms with Gasteiger partial charge in [0.2, 0.25) is 17.7 Å². The van der Waals surface area contributed by atoms with Gasteiger partial charge in [0, 0.05) is 23.3 Å². The molecule has 3 aliphatic heterocycles. The molecule has 4 aliphatic rings. The van der Waals surface area contributed by atoms with Crippen LogP contribution in [0.4, 0.5) is 5.69 Å². The van der Waals surface area contributed by atoms with E-state index in [2.05, 4.69) is 38.3 Å². The van der Waals surface area contributed by atoms with Crippen molar-refractivity contribution in [2.24, 2.45) is 23.7 Å². The second-order valence-corrected chi connectivity index (χ2v) is 13.4. The van der Waals surface area contributed by atoms with Gasteiger partial charge in [-0.2, -0.15) is 0 Å². The van der Waals surface area contributed by atoms with Crippen LogP contribution in [0.3, 0.4) is 0 Å². The lowest BCUT2D eigenvalue weighted by atomic mass is 9.73. The molecule has 2 N–H and O–H groups in total. The van der Waals surface area contributed by atoms with Crippen molar-refractivity contribution in [3.8, 4) is 0 Å². The highest BCUT2D eigenvalue weighted by atomic mass is 35.5. The predicted molar refractivity (Wildman–Crippen MR) is 163 cm³/mol. The smallest absolute Gasteiger partial charge is 0.246 e. The highest BCUT2D eigenvalue weighted by Gasteiger charge is 2.72. The molecule has 0 radical (unpaired) electrons. The summed E-state index contributed by atoms with van der Waals surface area (Å²) >= 11 is 6.12. The molecule has 1 aliphatic carbocycles. The minimum absolute atomic E-state index is 0.0275. The van der Waals surface area contributed by atoms with Gasteiger partial charge in [0.05, 0.1) is 17.9 Å². The Morgan fingerprint density at radius 2 is 1.76 bits per heavy atom. The summed E-state index contributed by atoms with van der Waals surface area (Å²) in [5.74, 6) is -1.06. The van der Waals surface area contributed by atoms with E-state index >= 15 is 0 Å². The first kappa shape index (κ1) is 28.9. The van der Waals surface area contributed by atoms with Gasteiger partial charge >= 0.3 is 0 Å². The van der Waals surface area contributed by atoms with E-state index in [4.69, 9.17) is 16.3 Å². The lowest BCUT2D eigenvalue weighted by molar-refractivity contribution is -0.142. The number of fused-ring (bicyclic) bond motifs is 1. The van der Waals surface area contributed by atoms with Crippen molar-refractivity contribution >= 4 is 35.0 Å². The minimum Gasteiger partial charge on any atom is -0.359 e. The monoisotopic (exact) mass is 589 g/mol. The van der Waals surface area contributed by atoms with Crippen LogP contribution in [0.15, 0.2) is 60.7 Å². The van der Waals surface area contributed by atoms with Crippen molar-refractivity contribution in [2.45, 2.75) is 83.2 Å². The predicted octanol–water partition coefficient (Wildman–Crippen LogP) is 5.69. The molecule has 1 saturated carbocycles. The van der Waals surface area contributed by atoms with Crippen LogP contribution < -0.4 is 10.6 Å². The summed E-state index contributed by atoms with van der Waals surface area (Å²) in [7, 11) is 0. The standard InChI is InChI=1S/C34H40ClN3O4/c1-19(2)23-10-14-25(15-11-23)36-31(39)28-27-16-17-34(42-27)29(28)33(41)38(18-22-8-12-24(35)13-9-22)30(34)32(40)37-26-7-5-6-20(3)21(26)4/h8-17,19-21,26-30H,5-7,18H2,1-4H3,(H,36,39)(H,37,40)/t20?,21?,26?,27-,28?,29-,30?,34?/m1/s1. The van der Waals surface area contributed by atoms with Crippen LogP contribution in [0.5, 0.6) is 0 Å². The number of hydrogen-bond acceptors (Lipinski definition) is 4. The summed E-state index contributed by atoms with van der Waals surface area (Å²) < 4.78 is 6.52. The molecule has 3 amide bonds. The van der Waals surface area contributed by atoms with Gasteiger partial charge in [-0.1, -0.05) is 88.6 Å². The van der Waals surface area contributed by atoms with Crippen molar-refractivity contribution < 1.29 is 19.1 Å². The van der Waals surface area contributed by atoms with E-state index in [-0.39, 0.29) is 30.3 Å². The molecule has 2 aromatic rings. The Morgan fingerprint density at radius 1 is 1.05 bits per heavy atom. The van der Waals surface area contributed by atoms with Gasteiger partial charge in [-0.05, 0) is 59.6 Å². The number of halogens is 1. The lowest BCUT2D eigenvalue weighted by Gasteiger charge is -2.38. The number of rotatable bonds is 7. The van der Waals surface area contributed by atoms with Crippen molar-refractivity contribution in [1.82, 2.24) is 10.2 Å². The lowest BCUT2D eigenvalue weighted by Crippen LogP contribution is -2.57. The number of carbonyl (C=O) groups is 3. The number of likely N-dealkylation sites (tertiary alicyclic amines) is 1. The number of ether oxygens (including phenoxy) is 1. The number of hydrogen-bond donors (Lipinski definition) is 2. The molecule has 2 saturated heterocycles. The van der Waals surface area contributed by atoms with Gasteiger partial charge < -0.3 is 20.3 Å². The summed E-state index contributed by atoms with van der Waals surface area (Å²) in [6, 6.07) is 14.2. The van der Waals surface area contributed by atoms with Crippen LogP contribution in [-0.2, 0) is 25.7 Å². The number of nitrogens with one attached hydrogen (secondary N) is 2. The summed E-state index contributed by atoms with van der Waals surface area (Å²) in [4.78, 5) is 43.9. The summed E-state index contributed by atoms with van der Waals surface area (Å²) in [6.07, 6.45) is 6.25.